The maximum atomic E-state index is 11.3. The zero-order valence-electron chi connectivity index (χ0n) is 6.79. The molecule has 13 heavy (non-hydrogen) atoms. The fraction of sp³-hybridized carbons (Fsp3) is 0. The average Bonchev–Trinajstić information content (AvgIpc) is 2.20. The molecule has 0 atom stereocenters. The van der Waals surface area contributed by atoms with Gasteiger partial charge in [0.05, 0.1) is 0 Å². The van der Waals surface area contributed by atoms with Gasteiger partial charge in [0.1, 0.15) is 0 Å². The summed E-state index contributed by atoms with van der Waals surface area (Å²) in [5.74, 6) is 0.396. The van der Waals surface area contributed by atoms with Crippen LogP contribution < -0.4 is 5.56 Å². The second kappa shape index (κ2) is 3.18. The lowest BCUT2D eigenvalue weighted by atomic mass is 10.5. The lowest BCUT2D eigenvalue weighted by molar-refractivity contribution is 0.886. The van der Waals surface area contributed by atoms with Crippen molar-refractivity contribution in [3.63, 3.8) is 0 Å². The van der Waals surface area contributed by atoms with Gasteiger partial charge in [-0.2, -0.15) is 0 Å². The molecule has 2 heterocycles. The minimum atomic E-state index is -0.131. The van der Waals surface area contributed by atoms with Crippen LogP contribution in [-0.2, 0) is 0 Å². The quantitative estimate of drug-likeness (QED) is 0.635. The Morgan fingerprint density at radius 1 is 1.08 bits per heavy atom. The van der Waals surface area contributed by atoms with Crippen LogP contribution in [0.4, 0.5) is 0 Å². The molecule has 0 aromatic carbocycles. The van der Waals surface area contributed by atoms with Crippen molar-refractivity contribution in [1.29, 1.82) is 0 Å². The van der Waals surface area contributed by atoms with Gasteiger partial charge in [-0.3, -0.25) is 9.36 Å². The van der Waals surface area contributed by atoms with Gasteiger partial charge in [0, 0.05) is 24.7 Å². The van der Waals surface area contributed by atoms with Crippen LogP contribution in [0.5, 0.6) is 0 Å². The summed E-state index contributed by atoms with van der Waals surface area (Å²) in [5.41, 5.74) is -0.131. The number of aromatic nitrogens is 3. The lowest BCUT2D eigenvalue weighted by Crippen LogP contribution is -2.17. The Labute approximate surface area is 74.5 Å². The second-order valence-electron chi connectivity index (χ2n) is 2.46. The van der Waals surface area contributed by atoms with Gasteiger partial charge in [-0.15, -0.1) is 0 Å². The van der Waals surface area contributed by atoms with Crippen LogP contribution in [0.1, 0.15) is 0 Å². The molecule has 0 saturated carbocycles. The molecule has 0 radical (unpaired) electrons. The number of nitrogens with zero attached hydrogens (tertiary/aromatic N) is 3. The molecule has 0 bridgehead atoms. The monoisotopic (exact) mass is 173 g/mol. The molecule has 2 aromatic heterocycles. The van der Waals surface area contributed by atoms with Gasteiger partial charge in [0.25, 0.3) is 5.56 Å². The fourth-order valence-electron chi connectivity index (χ4n) is 1.01. The summed E-state index contributed by atoms with van der Waals surface area (Å²) in [6.45, 7) is 0. The SMILES string of the molecule is O=c1ccccn1-c1ncccn1. The van der Waals surface area contributed by atoms with Crippen LogP contribution in [0.2, 0.25) is 0 Å². The number of hydrogen-bond acceptors (Lipinski definition) is 3. The molecular formula is C9H7N3O. The molecule has 0 fully saturated rings. The molecule has 0 amide bonds. The predicted molar refractivity (Wildman–Crippen MR) is 47.6 cm³/mol. The Morgan fingerprint density at radius 2 is 1.85 bits per heavy atom. The molecule has 0 aliphatic rings. The standard InChI is InChI=1S/C9H7N3O/c13-8-4-1-2-7-12(8)9-10-5-3-6-11-9/h1-7H. The van der Waals surface area contributed by atoms with Crippen molar-refractivity contribution in [2.24, 2.45) is 0 Å². The Hall–Kier alpha value is -1.97. The van der Waals surface area contributed by atoms with Gasteiger partial charge < -0.3 is 0 Å². The Morgan fingerprint density at radius 3 is 2.54 bits per heavy atom. The zero-order chi connectivity index (χ0) is 9.10. The van der Waals surface area contributed by atoms with E-state index >= 15 is 0 Å². The van der Waals surface area contributed by atoms with E-state index in [1.54, 1.807) is 36.8 Å². The highest BCUT2D eigenvalue weighted by Gasteiger charge is 1.97. The fourth-order valence-corrected chi connectivity index (χ4v) is 1.01. The highest BCUT2D eigenvalue weighted by Crippen LogP contribution is 1.92. The smallest absolute Gasteiger partial charge is 0.257 e. The highest BCUT2D eigenvalue weighted by atomic mass is 16.1. The van der Waals surface area contributed by atoms with Crippen molar-refractivity contribution in [1.82, 2.24) is 14.5 Å². The summed E-state index contributed by atoms with van der Waals surface area (Å²) in [6, 6.07) is 6.62. The highest BCUT2D eigenvalue weighted by molar-refractivity contribution is 5.11. The van der Waals surface area contributed by atoms with E-state index in [1.807, 2.05) is 0 Å². The van der Waals surface area contributed by atoms with E-state index in [4.69, 9.17) is 0 Å². The zero-order valence-corrected chi connectivity index (χ0v) is 6.79. The van der Waals surface area contributed by atoms with Gasteiger partial charge in [0.15, 0.2) is 0 Å². The Balaban J connectivity index is 2.60. The number of hydrogen-bond donors (Lipinski definition) is 0. The molecule has 2 rings (SSSR count). The molecule has 0 unspecified atom stereocenters. The molecule has 4 nitrogen and oxygen atoms in total. The molecule has 0 spiro atoms. The van der Waals surface area contributed by atoms with Crippen molar-refractivity contribution < 1.29 is 0 Å². The Bertz CT molecular complexity index is 450. The normalized spacial score (nSPS) is 9.85. The topological polar surface area (TPSA) is 47.8 Å². The first-order valence-electron chi connectivity index (χ1n) is 3.83. The van der Waals surface area contributed by atoms with E-state index < -0.39 is 0 Å². The molecule has 0 aliphatic carbocycles. The van der Waals surface area contributed by atoms with Crippen LogP contribution in [0.15, 0.2) is 47.7 Å². The Kier molecular flexibility index (Phi) is 1.88. The average molecular weight is 173 g/mol. The summed E-state index contributed by atoms with van der Waals surface area (Å²) < 4.78 is 1.39. The summed E-state index contributed by atoms with van der Waals surface area (Å²) >= 11 is 0. The van der Waals surface area contributed by atoms with Gasteiger partial charge >= 0.3 is 0 Å². The molecule has 2 aromatic rings. The van der Waals surface area contributed by atoms with E-state index in [-0.39, 0.29) is 5.56 Å². The van der Waals surface area contributed by atoms with Crippen LogP contribution in [-0.4, -0.2) is 14.5 Å². The van der Waals surface area contributed by atoms with E-state index in [2.05, 4.69) is 9.97 Å². The maximum Gasteiger partial charge on any atom is 0.257 e. The first kappa shape index (κ1) is 7.67. The molecule has 4 heteroatoms. The third kappa shape index (κ3) is 1.46. The minimum absolute atomic E-state index is 0.131. The van der Waals surface area contributed by atoms with E-state index in [0.717, 1.165) is 0 Å². The maximum absolute atomic E-state index is 11.3. The third-order valence-electron chi connectivity index (χ3n) is 1.59. The summed E-state index contributed by atoms with van der Waals surface area (Å²) in [7, 11) is 0. The molecule has 0 aliphatic heterocycles. The first-order valence-corrected chi connectivity index (χ1v) is 3.83. The predicted octanol–water partition coefficient (Wildman–Crippen LogP) is 0.627. The van der Waals surface area contributed by atoms with Crippen LogP contribution in [0.3, 0.4) is 0 Å². The minimum Gasteiger partial charge on any atom is -0.269 e. The van der Waals surface area contributed by atoms with Crippen LogP contribution in [0.25, 0.3) is 5.95 Å². The van der Waals surface area contributed by atoms with E-state index in [9.17, 15) is 4.79 Å². The largest absolute Gasteiger partial charge is 0.269 e. The van der Waals surface area contributed by atoms with Crippen molar-refractivity contribution in [2.45, 2.75) is 0 Å². The van der Waals surface area contributed by atoms with E-state index in [0.29, 0.717) is 5.95 Å². The van der Waals surface area contributed by atoms with E-state index in [1.165, 1.54) is 10.6 Å². The van der Waals surface area contributed by atoms with Gasteiger partial charge in [-0.1, -0.05) is 6.07 Å². The number of pyridine rings is 1. The third-order valence-corrected chi connectivity index (χ3v) is 1.59. The van der Waals surface area contributed by atoms with Crippen molar-refractivity contribution >= 4 is 0 Å². The lowest BCUT2D eigenvalue weighted by Gasteiger charge is -2.00. The van der Waals surface area contributed by atoms with Crippen molar-refractivity contribution in [2.75, 3.05) is 0 Å². The number of rotatable bonds is 1. The van der Waals surface area contributed by atoms with Gasteiger partial charge in [-0.25, -0.2) is 9.97 Å². The molecule has 0 saturated heterocycles. The van der Waals surface area contributed by atoms with Crippen molar-refractivity contribution in [3.8, 4) is 5.95 Å². The second-order valence-corrected chi connectivity index (χ2v) is 2.46. The van der Waals surface area contributed by atoms with Gasteiger partial charge in [-0.05, 0) is 12.1 Å². The molecule has 0 N–H and O–H groups in total. The van der Waals surface area contributed by atoms with Crippen LogP contribution in [0, 0.1) is 0 Å². The molecular weight excluding hydrogens is 166 g/mol. The summed E-state index contributed by atoms with van der Waals surface area (Å²) in [4.78, 5) is 19.2. The van der Waals surface area contributed by atoms with Crippen LogP contribution >= 0.6 is 0 Å². The van der Waals surface area contributed by atoms with Crippen molar-refractivity contribution in [3.05, 3.63) is 53.2 Å². The first-order chi connectivity index (χ1) is 6.38. The summed E-state index contributed by atoms with van der Waals surface area (Å²) in [5, 5.41) is 0. The summed E-state index contributed by atoms with van der Waals surface area (Å²) in [6.07, 6.45) is 4.83. The molecule has 64 valence electrons. The van der Waals surface area contributed by atoms with Gasteiger partial charge in [0.2, 0.25) is 5.95 Å².